The number of epoxide rings is 1. The fourth-order valence-electron chi connectivity index (χ4n) is 1.65. The lowest BCUT2D eigenvalue weighted by Crippen LogP contribution is -2.01. The zero-order valence-electron chi connectivity index (χ0n) is 10.1. The van der Waals surface area contributed by atoms with Crippen molar-refractivity contribution in [1.82, 2.24) is 0 Å². The van der Waals surface area contributed by atoms with E-state index in [0.717, 1.165) is 13.2 Å². The Morgan fingerprint density at radius 3 is 2.62 bits per heavy atom. The van der Waals surface area contributed by atoms with Gasteiger partial charge in [0, 0.05) is 0 Å². The fraction of sp³-hybridized carbons (Fsp3) is 0.571. The van der Waals surface area contributed by atoms with Crippen LogP contribution in [0.15, 0.2) is 24.3 Å². The molecule has 1 aromatic carbocycles. The summed E-state index contributed by atoms with van der Waals surface area (Å²) in [6, 6.07) is 8.74. The van der Waals surface area contributed by atoms with Crippen molar-refractivity contribution in [2.24, 2.45) is 0 Å². The summed E-state index contributed by atoms with van der Waals surface area (Å²) in [7, 11) is 0. The normalized spacial score (nSPS) is 20.8. The molecule has 1 aliphatic rings. The lowest BCUT2D eigenvalue weighted by Gasteiger charge is -2.09. The molecule has 0 aliphatic carbocycles. The topological polar surface area (TPSA) is 21.8 Å². The van der Waals surface area contributed by atoms with E-state index in [1.54, 1.807) is 0 Å². The molecule has 1 heterocycles. The van der Waals surface area contributed by atoms with Crippen LogP contribution in [-0.2, 0) is 16.1 Å². The number of rotatable bonds is 6. The number of benzene rings is 1. The fourth-order valence-corrected chi connectivity index (χ4v) is 1.65. The van der Waals surface area contributed by atoms with Gasteiger partial charge in [-0.1, -0.05) is 38.1 Å². The van der Waals surface area contributed by atoms with E-state index in [9.17, 15) is 0 Å². The maximum absolute atomic E-state index is 5.55. The zero-order valence-corrected chi connectivity index (χ0v) is 10.1. The first-order chi connectivity index (χ1) is 7.79. The third-order valence-electron chi connectivity index (χ3n) is 3.14. The molecule has 0 N–H and O–H groups in total. The second kappa shape index (κ2) is 5.46. The third-order valence-corrected chi connectivity index (χ3v) is 3.14. The summed E-state index contributed by atoms with van der Waals surface area (Å²) in [4.78, 5) is 0. The Hall–Kier alpha value is -0.860. The lowest BCUT2D eigenvalue weighted by molar-refractivity contribution is 0.104. The van der Waals surface area contributed by atoms with Gasteiger partial charge in [0.25, 0.3) is 0 Å². The van der Waals surface area contributed by atoms with Crippen LogP contribution in [0.25, 0.3) is 0 Å². The SMILES string of the molecule is CCC(C)c1ccc(COCC2CO2)cc1. The van der Waals surface area contributed by atoms with E-state index >= 15 is 0 Å². The Labute approximate surface area is 97.6 Å². The molecule has 0 bridgehead atoms. The molecule has 2 unspecified atom stereocenters. The second-order valence-electron chi connectivity index (χ2n) is 4.52. The standard InChI is InChI=1S/C14H20O2/c1-3-11(2)13-6-4-12(5-7-13)8-15-9-14-10-16-14/h4-7,11,14H,3,8-10H2,1-2H3. The molecule has 16 heavy (non-hydrogen) atoms. The lowest BCUT2D eigenvalue weighted by atomic mass is 9.98. The molecule has 88 valence electrons. The van der Waals surface area contributed by atoms with Crippen molar-refractivity contribution in [2.75, 3.05) is 13.2 Å². The van der Waals surface area contributed by atoms with Gasteiger partial charge in [0.05, 0.1) is 19.8 Å². The predicted octanol–water partition coefficient (Wildman–Crippen LogP) is 3.12. The van der Waals surface area contributed by atoms with E-state index in [4.69, 9.17) is 9.47 Å². The molecule has 2 nitrogen and oxygen atoms in total. The Bertz CT molecular complexity index is 314. The zero-order chi connectivity index (χ0) is 11.4. The van der Waals surface area contributed by atoms with Gasteiger partial charge in [-0.2, -0.15) is 0 Å². The van der Waals surface area contributed by atoms with E-state index < -0.39 is 0 Å². The van der Waals surface area contributed by atoms with Crippen LogP contribution in [0.5, 0.6) is 0 Å². The minimum Gasteiger partial charge on any atom is -0.374 e. The summed E-state index contributed by atoms with van der Waals surface area (Å²) in [6.45, 7) is 6.77. The van der Waals surface area contributed by atoms with E-state index in [1.165, 1.54) is 17.5 Å². The van der Waals surface area contributed by atoms with Gasteiger partial charge in [0.1, 0.15) is 6.10 Å². The van der Waals surface area contributed by atoms with Gasteiger partial charge in [-0.15, -0.1) is 0 Å². The Balaban J connectivity index is 1.80. The third kappa shape index (κ3) is 3.32. The molecule has 0 saturated carbocycles. The first-order valence-corrected chi connectivity index (χ1v) is 6.07. The maximum Gasteiger partial charge on any atom is 0.104 e. The van der Waals surface area contributed by atoms with E-state index in [1.807, 2.05) is 0 Å². The highest BCUT2D eigenvalue weighted by atomic mass is 16.6. The van der Waals surface area contributed by atoms with Gasteiger partial charge in [-0.3, -0.25) is 0 Å². The molecule has 0 spiro atoms. The number of ether oxygens (including phenoxy) is 2. The summed E-state index contributed by atoms with van der Waals surface area (Å²) in [5.74, 6) is 0.648. The summed E-state index contributed by atoms with van der Waals surface area (Å²) < 4.78 is 10.6. The van der Waals surface area contributed by atoms with Crippen molar-refractivity contribution in [2.45, 2.75) is 38.9 Å². The molecule has 1 saturated heterocycles. The second-order valence-corrected chi connectivity index (χ2v) is 4.52. The summed E-state index contributed by atoms with van der Waals surface area (Å²) in [5.41, 5.74) is 2.66. The number of hydrogen-bond acceptors (Lipinski definition) is 2. The molecule has 1 fully saturated rings. The van der Waals surface area contributed by atoms with Gasteiger partial charge >= 0.3 is 0 Å². The van der Waals surface area contributed by atoms with Crippen LogP contribution < -0.4 is 0 Å². The summed E-state index contributed by atoms with van der Waals surface area (Å²) >= 11 is 0. The van der Waals surface area contributed by atoms with Crippen molar-refractivity contribution >= 4 is 0 Å². The van der Waals surface area contributed by atoms with Gasteiger partial charge in [-0.05, 0) is 23.5 Å². The van der Waals surface area contributed by atoms with Gasteiger partial charge in [0.2, 0.25) is 0 Å². The minimum atomic E-state index is 0.361. The highest BCUT2D eigenvalue weighted by molar-refractivity contribution is 5.24. The van der Waals surface area contributed by atoms with Crippen molar-refractivity contribution in [1.29, 1.82) is 0 Å². The molecular formula is C14H20O2. The molecule has 1 aromatic rings. The largest absolute Gasteiger partial charge is 0.374 e. The van der Waals surface area contributed by atoms with Crippen LogP contribution in [0, 0.1) is 0 Å². The first kappa shape index (κ1) is 11.6. The highest BCUT2D eigenvalue weighted by Crippen LogP contribution is 2.19. The molecule has 0 radical (unpaired) electrons. The van der Waals surface area contributed by atoms with Gasteiger partial charge in [-0.25, -0.2) is 0 Å². The smallest absolute Gasteiger partial charge is 0.104 e. The maximum atomic E-state index is 5.55. The molecule has 2 atom stereocenters. The van der Waals surface area contributed by atoms with E-state index in [-0.39, 0.29) is 0 Å². The number of hydrogen-bond donors (Lipinski definition) is 0. The van der Waals surface area contributed by atoms with Crippen LogP contribution in [0.2, 0.25) is 0 Å². The Kier molecular flexibility index (Phi) is 3.97. The minimum absolute atomic E-state index is 0.361. The molecule has 2 heteroatoms. The molecular weight excluding hydrogens is 200 g/mol. The van der Waals surface area contributed by atoms with Crippen LogP contribution >= 0.6 is 0 Å². The van der Waals surface area contributed by atoms with E-state index in [0.29, 0.717) is 18.6 Å². The Morgan fingerprint density at radius 1 is 1.38 bits per heavy atom. The monoisotopic (exact) mass is 220 g/mol. The van der Waals surface area contributed by atoms with Crippen LogP contribution in [-0.4, -0.2) is 19.3 Å². The predicted molar refractivity (Wildman–Crippen MR) is 64.5 cm³/mol. The summed E-state index contributed by atoms with van der Waals surface area (Å²) in [6.07, 6.45) is 1.55. The van der Waals surface area contributed by atoms with Crippen LogP contribution in [0.3, 0.4) is 0 Å². The van der Waals surface area contributed by atoms with Crippen molar-refractivity contribution in [3.63, 3.8) is 0 Å². The molecule has 0 amide bonds. The van der Waals surface area contributed by atoms with Gasteiger partial charge in [0.15, 0.2) is 0 Å². The van der Waals surface area contributed by atoms with Crippen molar-refractivity contribution < 1.29 is 9.47 Å². The quantitative estimate of drug-likeness (QED) is 0.687. The average molecular weight is 220 g/mol. The molecule has 2 rings (SSSR count). The van der Waals surface area contributed by atoms with Gasteiger partial charge < -0.3 is 9.47 Å². The van der Waals surface area contributed by atoms with Crippen LogP contribution in [0.4, 0.5) is 0 Å². The average Bonchev–Trinajstić information content (AvgIpc) is 3.13. The highest BCUT2D eigenvalue weighted by Gasteiger charge is 2.22. The van der Waals surface area contributed by atoms with Crippen molar-refractivity contribution in [3.8, 4) is 0 Å². The molecule has 1 aliphatic heterocycles. The molecule has 0 aromatic heterocycles. The Morgan fingerprint density at radius 2 is 2.06 bits per heavy atom. The van der Waals surface area contributed by atoms with Crippen LogP contribution in [0.1, 0.15) is 37.3 Å². The van der Waals surface area contributed by atoms with E-state index in [2.05, 4.69) is 38.1 Å². The van der Waals surface area contributed by atoms with Crippen molar-refractivity contribution in [3.05, 3.63) is 35.4 Å². The summed E-state index contributed by atoms with van der Waals surface area (Å²) in [5, 5.41) is 0. The first-order valence-electron chi connectivity index (χ1n) is 6.07.